The van der Waals surface area contributed by atoms with Gasteiger partial charge in [0.05, 0.1) is 25.4 Å². The number of aromatic amines is 1. The summed E-state index contributed by atoms with van der Waals surface area (Å²) < 4.78 is 11.4. The van der Waals surface area contributed by atoms with Crippen molar-refractivity contribution in [1.82, 2.24) is 10.3 Å². The molecule has 2 amide bonds. The molecule has 0 bridgehead atoms. The number of fused-ring (bicyclic) bond motifs is 2. The maximum Gasteiger partial charge on any atom is 0.272 e. The van der Waals surface area contributed by atoms with Crippen LogP contribution in [0.3, 0.4) is 0 Å². The zero-order chi connectivity index (χ0) is 21.1. The van der Waals surface area contributed by atoms with E-state index in [9.17, 15) is 9.59 Å². The van der Waals surface area contributed by atoms with Gasteiger partial charge in [-0.25, -0.2) is 0 Å². The molecule has 0 saturated carbocycles. The second kappa shape index (κ2) is 8.64. The molecule has 0 unspecified atom stereocenters. The number of hydrogen-bond donors (Lipinski definition) is 4. The smallest absolute Gasteiger partial charge is 0.272 e. The average molecular weight is 430 g/mol. The first-order valence-corrected chi connectivity index (χ1v) is 9.85. The summed E-state index contributed by atoms with van der Waals surface area (Å²) in [4.78, 5) is 28.4. The first-order chi connectivity index (χ1) is 14.5. The van der Waals surface area contributed by atoms with Crippen molar-refractivity contribution in [3.05, 3.63) is 52.7 Å². The third-order valence-corrected chi connectivity index (χ3v) is 4.81. The van der Waals surface area contributed by atoms with E-state index >= 15 is 0 Å². The predicted molar refractivity (Wildman–Crippen MR) is 113 cm³/mol. The summed E-state index contributed by atoms with van der Waals surface area (Å²) >= 11 is 6.01. The quantitative estimate of drug-likeness (QED) is 0.498. The van der Waals surface area contributed by atoms with Gasteiger partial charge in [0.1, 0.15) is 5.69 Å². The molecule has 2 heterocycles. The van der Waals surface area contributed by atoms with Crippen molar-refractivity contribution in [2.24, 2.45) is 0 Å². The van der Waals surface area contributed by atoms with Crippen molar-refractivity contribution >= 4 is 40.0 Å². The Labute approximate surface area is 177 Å². The SMILES string of the molecule is O=C(Nc1cc2c(c(C(=O)NCCO)c1)OCCCO2)c1cc2cc(Cl)ccc2[nH]1. The number of aliphatic hydroxyl groups is 1. The Kier molecular flexibility index (Phi) is 5.78. The minimum absolute atomic E-state index is 0.0999. The summed E-state index contributed by atoms with van der Waals surface area (Å²) in [6, 6.07) is 10.2. The summed E-state index contributed by atoms with van der Waals surface area (Å²) in [6.45, 7) is 0.760. The summed E-state index contributed by atoms with van der Waals surface area (Å²) in [5, 5.41) is 15.8. The van der Waals surface area contributed by atoms with Gasteiger partial charge in [0.25, 0.3) is 11.8 Å². The van der Waals surface area contributed by atoms with Crippen LogP contribution in [-0.2, 0) is 0 Å². The molecular formula is C21H20ClN3O5. The van der Waals surface area contributed by atoms with E-state index in [-0.39, 0.29) is 24.6 Å². The zero-order valence-electron chi connectivity index (χ0n) is 16.0. The molecule has 3 aromatic rings. The molecule has 1 aliphatic rings. The predicted octanol–water partition coefficient (Wildman–Crippen LogP) is 2.96. The molecule has 30 heavy (non-hydrogen) atoms. The number of halogens is 1. The van der Waals surface area contributed by atoms with Crippen LogP contribution < -0.4 is 20.1 Å². The minimum Gasteiger partial charge on any atom is -0.489 e. The summed E-state index contributed by atoms with van der Waals surface area (Å²) in [5.74, 6) is -0.107. The van der Waals surface area contributed by atoms with Crippen molar-refractivity contribution in [3.63, 3.8) is 0 Å². The number of aliphatic hydroxyl groups excluding tert-OH is 1. The molecule has 0 fully saturated rings. The molecule has 2 aromatic carbocycles. The van der Waals surface area contributed by atoms with Crippen molar-refractivity contribution in [2.75, 3.05) is 31.7 Å². The van der Waals surface area contributed by atoms with E-state index in [2.05, 4.69) is 15.6 Å². The number of benzene rings is 2. The molecule has 0 radical (unpaired) electrons. The Morgan fingerprint density at radius 3 is 2.77 bits per heavy atom. The van der Waals surface area contributed by atoms with Crippen LogP contribution in [0.15, 0.2) is 36.4 Å². The van der Waals surface area contributed by atoms with Gasteiger partial charge in [0.2, 0.25) is 0 Å². The third-order valence-electron chi connectivity index (χ3n) is 4.57. The van der Waals surface area contributed by atoms with Crippen LogP contribution in [0.25, 0.3) is 10.9 Å². The standard InChI is InChI=1S/C21H20ClN3O5/c22-13-2-3-16-12(8-13)9-17(25-16)21(28)24-14-10-15(20(27)23-4-5-26)19-18(11-14)29-6-1-7-30-19/h2-3,8-11,25-26H,1,4-7H2,(H,23,27)(H,24,28). The molecule has 0 atom stereocenters. The van der Waals surface area contributed by atoms with Crippen molar-refractivity contribution in [3.8, 4) is 11.5 Å². The summed E-state index contributed by atoms with van der Waals surface area (Å²) in [7, 11) is 0. The molecule has 4 rings (SSSR count). The van der Waals surface area contributed by atoms with Crippen LogP contribution in [0.1, 0.15) is 27.3 Å². The number of amides is 2. The monoisotopic (exact) mass is 429 g/mol. The molecular weight excluding hydrogens is 410 g/mol. The van der Waals surface area contributed by atoms with Gasteiger partial charge in [0.15, 0.2) is 11.5 Å². The molecule has 4 N–H and O–H groups in total. The summed E-state index contributed by atoms with van der Waals surface area (Å²) in [6.07, 6.45) is 0.672. The third kappa shape index (κ3) is 4.19. The number of H-pyrrole nitrogens is 1. The number of nitrogens with one attached hydrogen (secondary N) is 3. The maximum absolute atomic E-state index is 12.8. The number of aromatic nitrogens is 1. The van der Waals surface area contributed by atoms with Crippen LogP contribution in [0.2, 0.25) is 5.02 Å². The lowest BCUT2D eigenvalue weighted by Crippen LogP contribution is -2.27. The number of ether oxygens (including phenoxy) is 2. The Hall–Kier alpha value is -3.23. The van der Waals surface area contributed by atoms with E-state index in [1.807, 2.05) is 0 Å². The van der Waals surface area contributed by atoms with Crippen molar-refractivity contribution in [1.29, 1.82) is 0 Å². The fraction of sp³-hybridized carbons (Fsp3) is 0.238. The van der Waals surface area contributed by atoms with Crippen LogP contribution in [-0.4, -0.2) is 48.3 Å². The molecule has 1 aromatic heterocycles. The number of carbonyl (C=O) groups is 2. The second-order valence-corrected chi connectivity index (χ2v) is 7.19. The fourth-order valence-electron chi connectivity index (χ4n) is 3.20. The van der Waals surface area contributed by atoms with Gasteiger partial charge < -0.3 is 30.2 Å². The maximum atomic E-state index is 12.8. The van der Waals surface area contributed by atoms with E-state index in [0.29, 0.717) is 47.5 Å². The topological polar surface area (TPSA) is 113 Å². The second-order valence-electron chi connectivity index (χ2n) is 6.75. The lowest BCUT2D eigenvalue weighted by molar-refractivity contribution is 0.0939. The first kappa shape index (κ1) is 20.1. The highest BCUT2D eigenvalue weighted by molar-refractivity contribution is 6.31. The van der Waals surface area contributed by atoms with Crippen LogP contribution in [0.4, 0.5) is 5.69 Å². The highest BCUT2D eigenvalue weighted by atomic mass is 35.5. The molecule has 0 aliphatic carbocycles. The Bertz CT molecular complexity index is 1110. The van der Waals surface area contributed by atoms with E-state index in [4.69, 9.17) is 26.2 Å². The molecule has 1 aliphatic heterocycles. The minimum atomic E-state index is -0.429. The normalized spacial score (nSPS) is 13.0. The average Bonchev–Trinajstić information content (AvgIpc) is 3.01. The van der Waals surface area contributed by atoms with Crippen LogP contribution in [0, 0.1) is 0 Å². The number of carbonyl (C=O) groups excluding carboxylic acids is 2. The Morgan fingerprint density at radius 2 is 1.93 bits per heavy atom. The highest BCUT2D eigenvalue weighted by Gasteiger charge is 2.22. The molecule has 156 valence electrons. The van der Waals surface area contributed by atoms with Gasteiger partial charge in [0, 0.05) is 40.6 Å². The van der Waals surface area contributed by atoms with E-state index in [0.717, 1.165) is 10.9 Å². The van der Waals surface area contributed by atoms with Crippen LogP contribution in [0.5, 0.6) is 11.5 Å². The van der Waals surface area contributed by atoms with Gasteiger partial charge >= 0.3 is 0 Å². The fourth-order valence-corrected chi connectivity index (χ4v) is 3.38. The van der Waals surface area contributed by atoms with Gasteiger partial charge in [-0.15, -0.1) is 0 Å². The van der Waals surface area contributed by atoms with Gasteiger partial charge in [-0.05, 0) is 30.3 Å². The summed E-state index contributed by atoms with van der Waals surface area (Å²) in [5.41, 5.74) is 1.75. The number of rotatable bonds is 5. The first-order valence-electron chi connectivity index (χ1n) is 9.47. The van der Waals surface area contributed by atoms with Gasteiger partial charge in [-0.2, -0.15) is 0 Å². The van der Waals surface area contributed by atoms with Crippen molar-refractivity contribution < 1.29 is 24.2 Å². The number of anilines is 1. The zero-order valence-corrected chi connectivity index (χ0v) is 16.7. The Morgan fingerprint density at radius 1 is 1.10 bits per heavy atom. The van der Waals surface area contributed by atoms with Crippen LogP contribution >= 0.6 is 11.6 Å². The molecule has 0 spiro atoms. The van der Waals surface area contributed by atoms with Gasteiger partial charge in [-0.3, -0.25) is 9.59 Å². The van der Waals surface area contributed by atoms with Gasteiger partial charge in [-0.1, -0.05) is 11.6 Å². The van der Waals surface area contributed by atoms with E-state index in [1.165, 1.54) is 6.07 Å². The molecule has 0 saturated heterocycles. The van der Waals surface area contributed by atoms with Crippen molar-refractivity contribution in [2.45, 2.75) is 6.42 Å². The lowest BCUT2D eigenvalue weighted by atomic mass is 10.1. The lowest BCUT2D eigenvalue weighted by Gasteiger charge is -2.15. The largest absolute Gasteiger partial charge is 0.489 e. The van der Waals surface area contributed by atoms with E-state index in [1.54, 1.807) is 30.3 Å². The Balaban J connectivity index is 1.64. The molecule has 8 nitrogen and oxygen atoms in total. The van der Waals surface area contributed by atoms with E-state index < -0.39 is 5.91 Å². The highest BCUT2D eigenvalue weighted by Crippen LogP contribution is 2.37. The number of hydrogen-bond acceptors (Lipinski definition) is 5. The molecule has 9 heteroatoms.